The maximum Gasteiger partial charge on any atom is 0.0814 e. The minimum absolute atomic E-state index is 0.129. The Labute approximate surface area is 100.0 Å². The standard InChI is InChI=1S/C12H15N3O2/c13-15-14-11(6-12-9-17-12)8-16-7-10-4-2-1-3-5-10/h1-5,11-12H,6-9H2/t11-,12?/m1/s1. The molecule has 0 N–H and O–H groups in total. The summed E-state index contributed by atoms with van der Waals surface area (Å²) in [5.41, 5.74) is 9.57. The third-order valence-electron chi connectivity index (χ3n) is 2.57. The van der Waals surface area contributed by atoms with Gasteiger partial charge in [-0.3, -0.25) is 0 Å². The fourth-order valence-corrected chi connectivity index (χ4v) is 1.62. The molecular weight excluding hydrogens is 218 g/mol. The topological polar surface area (TPSA) is 70.5 Å². The van der Waals surface area contributed by atoms with Crippen molar-refractivity contribution in [2.75, 3.05) is 13.2 Å². The summed E-state index contributed by atoms with van der Waals surface area (Å²) in [6, 6.07) is 9.80. The monoisotopic (exact) mass is 233 g/mol. The molecule has 1 saturated heterocycles. The molecule has 1 fully saturated rings. The van der Waals surface area contributed by atoms with E-state index in [1.54, 1.807) is 0 Å². The van der Waals surface area contributed by atoms with Gasteiger partial charge in [-0.25, -0.2) is 0 Å². The van der Waals surface area contributed by atoms with Crippen LogP contribution >= 0.6 is 0 Å². The predicted octanol–water partition coefficient (Wildman–Crippen LogP) is 2.67. The van der Waals surface area contributed by atoms with Crippen molar-refractivity contribution in [1.29, 1.82) is 0 Å². The van der Waals surface area contributed by atoms with Gasteiger partial charge in [-0.15, -0.1) is 0 Å². The van der Waals surface area contributed by atoms with E-state index in [0.29, 0.717) is 13.2 Å². The second kappa shape index (κ2) is 6.25. The van der Waals surface area contributed by atoms with E-state index < -0.39 is 0 Å². The second-order valence-corrected chi connectivity index (χ2v) is 4.05. The third-order valence-corrected chi connectivity index (χ3v) is 2.57. The normalized spacial score (nSPS) is 19.4. The van der Waals surface area contributed by atoms with E-state index in [1.165, 1.54) is 0 Å². The Balaban J connectivity index is 1.73. The Morgan fingerprint density at radius 2 is 2.24 bits per heavy atom. The Kier molecular flexibility index (Phi) is 4.38. The smallest absolute Gasteiger partial charge is 0.0814 e. The van der Waals surface area contributed by atoms with Crippen LogP contribution in [-0.4, -0.2) is 25.4 Å². The maximum absolute atomic E-state index is 8.45. The van der Waals surface area contributed by atoms with Crippen LogP contribution in [0.4, 0.5) is 0 Å². The van der Waals surface area contributed by atoms with Gasteiger partial charge in [0.25, 0.3) is 0 Å². The number of benzene rings is 1. The molecule has 5 heteroatoms. The summed E-state index contributed by atoms with van der Waals surface area (Å²) >= 11 is 0. The molecule has 17 heavy (non-hydrogen) atoms. The molecule has 0 radical (unpaired) electrons. The molecule has 0 aromatic heterocycles. The van der Waals surface area contributed by atoms with Gasteiger partial charge in [0, 0.05) is 4.91 Å². The van der Waals surface area contributed by atoms with Crippen LogP contribution in [0.1, 0.15) is 12.0 Å². The molecule has 1 aromatic carbocycles. The van der Waals surface area contributed by atoms with Crippen LogP contribution in [-0.2, 0) is 16.1 Å². The number of rotatable bonds is 7. The van der Waals surface area contributed by atoms with Gasteiger partial charge in [0.05, 0.1) is 32.0 Å². The lowest BCUT2D eigenvalue weighted by Crippen LogP contribution is -2.15. The fraction of sp³-hybridized carbons (Fsp3) is 0.500. The lowest BCUT2D eigenvalue weighted by Gasteiger charge is -2.10. The van der Waals surface area contributed by atoms with Gasteiger partial charge >= 0.3 is 0 Å². The van der Waals surface area contributed by atoms with Crippen molar-refractivity contribution >= 4 is 0 Å². The summed E-state index contributed by atoms with van der Waals surface area (Å²) in [5.74, 6) is 0. The van der Waals surface area contributed by atoms with E-state index in [0.717, 1.165) is 18.6 Å². The number of nitrogens with zero attached hydrogens (tertiary/aromatic N) is 3. The average Bonchev–Trinajstić information content (AvgIpc) is 3.15. The highest BCUT2D eigenvalue weighted by molar-refractivity contribution is 5.13. The van der Waals surface area contributed by atoms with Crippen molar-refractivity contribution in [2.45, 2.75) is 25.2 Å². The van der Waals surface area contributed by atoms with Crippen LogP contribution in [0.3, 0.4) is 0 Å². The summed E-state index contributed by atoms with van der Waals surface area (Å²) in [4.78, 5) is 2.83. The van der Waals surface area contributed by atoms with E-state index in [1.807, 2.05) is 30.3 Å². The van der Waals surface area contributed by atoms with Crippen LogP contribution in [0.2, 0.25) is 0 Å². The second-order valence-electron chi connectivity index (χ2n) is 4.05. The highest BCUT2D eigenvalue weighted by Gasteiger charge is 2.26. The molecule has 0 amide bonds. The minimum atomic E-state index is -0.129. The molecule has 2 rings (SSSR count). The van der Waals surface area contributed by atoms with Gasteiger partial charge in [0.15, 0.2) is 0 Å². The number of hydrogen-bond donors (Lipinski definition) is 0. The summed E-state index contributed by atoms with van der Waals surface area (Å²) in [7, 11) is 0. The van der Waals surface area contributed by atoms with E-state index >= 15 is 0 Å². The van der Waals surface area contributed by atoms with Crippen LogP contribution in [0.5, 0.6) is 0 Å². The van der Waals surface area contributed by atoms with E-state index in [4.69, 9.17) is 15.0 Å². The van der Waals surface area contributed by atoms with Gasteiger partial charge in [-0.05, 0) is 17.5 Å². The molecule has 1 aliphatic rings. The Bertz CT molecular complexity index is 386. The molecule has 0 bridgehead atoms. The highest BCUT2D eigenvalue weighted by atomic mass is 16.6. The number of epoxide rings is 1. The largest absolute Gasteiger partial charge is 0.376 e. The van der Waals surface area contributed by atoms with Crippen molar-refractivity contribution in [3.63, 3.8) is 0 Å². The molecule has 90 valence electrons. The summed E-state index contributed by atoms with van der Waals surface area (Å²) in [6.45, 7) is 1.76. The van der Waals surface area contributed by atoms with Crippen molar-refractivity contribution in [1.82, 2.24) is 0 Å². The van der Waals surface area contributed by atoms with Crippen molar-refractivity contribution < 1.29 is 9.47 Å². The molecule has 0 spiro atoms. The zero-order valence-corrected chi connectivity index (χ0v) is 9.53. The molecule has 0 saturated carbocycles. The molecule has 1 heterocycles. The molecule has 1 aromatic rings. The quantitative estimate of drug-likeness (QED) is 0.314. The summed E-state index contributed by atoms with van der Waals surface area (Å²) in [6.07, 6.45) is 1.00. The zero-order valence-electron chi connectivity index (χ0n) is 9.53. The molecule has 2 atom stereocenters. The molecule has 1 unspecified atom stereocenters. The average molecular weight is 233 g/mol. The first-order valence-corrected chi connectivity index (χ1v) is 5.66. The Morgan fingerprint density at radius 3 is 2.88 bits per heavy atom. The number of hydrogen-bond acceptors (Lipinski definition) is 3. The van der Waals surface area contributed by atoms with Crippen LogP contribution in [0.25, 0.3) is 10.4 Å². The minimum Gasteiger partial charge on any atom is -0.376 e. The van der Waals surface area contributed by atoms with Gasteiger partial charge < -0.3 is 9.47 Å². The van der Waals surface area contributed by atoms with E-state index in [-0.39, 0.29) is 12.1 Å². The van der Waals surface area contributed by atoms with Crippen LogP contribution in [0.15, 0.2) is 35.4 Å². The first kappa shape index (κ1) is 11.9. The molecular formula is C12H15N3O2. The van der Waals surface area contributed by atoms with E-state index in [9.17, 15) is 0 Å². The van der Waals surface area contributed by atoms with Gasteiger partial charge in [-0.1, -0.05) is 35.4 Å². The fourth-order valence-electron chi connectivity index (χ4n) is 1.62. The van der Waals surface area contributed by atoms with Crippen molar-refractivity contribution in [3.05, 3.63) is 46.3 Å². The lowest BCUT2D eigenvalue weighted by atomic mass is 10.2. The Morgan fingerprint density at radius 1 is 1.47 bits per heavy atom. The first-order chi connectivity index (χ1) is 8.38. The van der Waals surface area contributed by atoms with Crippen LogP contribution in [0, 0.1) is 0 Å². The number of ether oxygens (including phenoxy) is 2. The highest BCUT2D eigenvalue weighted by Crippen LogP contribution is 2.18. The van der Waals surface area contributed by atoms with Gasteiger partial charge in [0.1, 0.15) is 0 Å². The van der Waals surface area contributed by atoms with Gasteiger partial charge in [0.2, 0.25) is 0 Å². The van der Waals surface area contributed by atoms with Gasteiger partial charge in [-0.2, -0.15) is 0 Å². The zero-order chi connectivity index (χ0) is 11.9. The number of azide groups is 1. The van der Waals surface area contributed by atoms with Crippen LogP contribution < -0.4 is 0 Å². The van der Waals surface area contributed by atoms with Crippen molar-refractivity contribution in [2.24, 2.45) is 5.11 Å². The van der Waals surface area contributed by atoms with Crippen molar-refractivity contribution in [3.8, 4) is 0 Å². The molecule has 0 aliphatic carbocycles. The first-order valence-electron chi connectivity index (χ1n) is 5.66. The SMILES string of the molecule is [N-]=[N+]=N[C@@H](COCc1ccccc1)CC1CO1. The predicted molar refractivity (Wildman–Crippen MR) is 63.4 cm³/mol. The summed E-state index contributed by atoms with van der Waals surface area (Å²) in [5, 5.41) is 3.71. The maximum atomic E-state index is 8.45. The molecule has 5 nitrogen and oxygen atoms in total. The molecule has 1 aliphatic heterocycles. The summed E-state index contributed by atoms with van der Waals surface area (Å²) < 4.78 is 10.7. The Hall–Kier alpha value is -1.55. The van der Waals surface area contributed by atoms with E-state index in [2.05, 4.69) is 10.0 Å². The lowest BCUT2D eigenvalue weighted by molar-refractivity contribution is 0.104. The third kappa shape index (κ3) is 4.44.